The Morgan fingerprint density at radius 2 is 1.66 bits per heavy atom. The van der Waals surface area contributed by atoms with Gasteiger partial charge in [0.15, 0.2) is 18.1 Å². The molecule has 2 aliphatic rings. The second-order valence-corrected chi connectivity index (χ2v) is 7.64. The maximum absolute atomic E-state index is 13.4. The number of carbonyl (C=O) groups excluding carboxylic acids is 2. The van der Waals surface area contributed by atoms with E-state index in [0.29, 0.717) is 29.4 Å². The van der Waals surface area contributed by atoms with Crippen molar-refractivity contribution in [3.63, 3.8) is 0 Å². The number of amides is 2. The fourth-order valence-corrected chi connectivity index (χ4v) is 3.95. The van der Waals surface area contributed by atoms with Gasteiger partial charge in [0.2, 0.25) is 12.7 Å². The number of hydrogen-bond acceptors (Lipinski definition) is 5. The number of rotatable bonds is 5. The van der Waals surface area contributed by atoms with E-state index in [2.05, 4.69) is 5.32 Å². The van der Waals surface area contributed by atoms with Gasteiger partial charge in [-0.25, -0.2) is 0 Å². The topological polar surface area (TPSA) is 77.1 Å². The summed E-state index contributed by atoms with van der Waals surface area (Å²) in [6.07, 6.45) is 0. The molecule has 1 atom stereocenters. The number of hydrogen-bond donors (Lipinski definition) is 1. The summed E-state index contributed by atoms with van der Waals surface area (Å²) in [5.74, 6) is 1.31. The Balaban J connectivity index is 1.46. The van der Waals surface area contributed by atoms with E-state index in [-0.39, 0.29) is 31.8 Å². The highest BCUT2D eigenvalue weighted by atomic mass is 16.7. The van der Waals surface area contributed by atoms with Crippen LogP contribution >= 0.6 is 0 Å². The molecule has 0 aliphatic carbocycles. The van der Waals surface area contributed by atoms with Crippen LogP contribution in [0.2, 0.25) is 0 Å². The fourth-order valence-electron chi connectivity index (χ4n) is 3.95. The molecule has 0 saturated heterocycles. The molecule has 7 nitrogen and oxygen atoms in total. The van der Waals surface area contributed by atoms with Crippen molar-refractivity contribution in [1.29, 1.82) is 0 Å². The molecule has 0 bridgehead atoms. The average Bonchev–Trinajstić information content (AvgIpc) is 3.25. The van der Waals surface area contributed by atoms with Crippen LogP contribution in [0.1, 0.15) is 22.7 Å². The van der Waals surface area contributed by atoms with Gasteiger partial charge >= 0.3 is 0 Å². The molecule has 0 saturated carbocycles. The second kappa shape index (κ2) is 8.63. The van der Waals surface area contributed by atoms with E-state index >= 15 is 0 Å². The predicted molar refractivity (Wildman–Crippen MR) is 116 cm³/mol. The molecule has 0 aromatic heterocycles. The molecule has 7 heteroatoms. The van der Waals surface area contributed by atoms with Crippen LogP contribution < -0.4 is 19.5 Å². The first-order valence-corrected chi connectivity index (χ1v) is 10.4. The Morgan fingerprint density at radius 1 is 0.875 bits per heavy atom. The molecular weight excluding hydrogens is 408 g/mol. The minimum Gasteiger partial charge on any atom is -0.483 e. The zero-order valence-electron chi connectivity index (χ0n) is 17.3. The van der Waals surface area contributed by atoms with Crippen LogP contribution in [-0.2, 0) is 22.7 Å². The van der Waals surface area contributed by atoms with Crippen molar-refractivity contribution in [2.45, 2.75) is 19.1 Å². The van der Waals surface area contributed by atoms with Crippen molar-refractivity contribution in [2.75, 3.05) is 13.4 Å². The normalized spacial score (nSPS) is 16.7. The third-order valence-corrected chi connectivity index (χ3v) is 5.54. The first-order chi connectivity index (χ1) is 15.7. The quantitative estimate of drug-likeness (QED) is 0.673. The van der Waals surface area contributed by atoms with E-state index < -0.39 is 6.04 Å². The van der Waals surface area contributed by atoms with Crippen molar-refractivity contribution in [2.24, 2.45) is 0 Å². The number of benzene rings is 3. The van der Waals surface area contributed by atoms with Crippen LogP contribution in [0.3, 0.4) is 0 Å². The minimum absolute atomic E-state index is 0.135. The van der Waals surface area contributed by atoms with E-state index in [0.717, 1.165) is 11.1 Å². The molecule has 3 aromatic rings. The van der Waals surface area contributed by atoms with E-state index in [4.69, 9.17) is 14.2 Å². The molecule has 2 amide bonds. The van der Waals surface area contributed by atoms with Gasteiger partial charge in [-0.15, -0.1) is 0 Å². The molecule has 0 fully saturated rings. The van der Waals surface area contributed by atoms with Crippen molar-refractivity contribution in [3.05, 3.63) is 89.5 Å². The largest absolute Gasteiger partial charge is 0.483 e. The third kappa shape index (κ3) is 3.97. The Kier molecular flexibility index (Phi) is 5.37. The van der Waals surface area contributed by atoms with Crippen LogP contribution in [0, 0.1) is 0 Å². The average molecular weight is 430 g/mol. The zero-order chi connectivity index (χ0) is 21.9. The monoisotopic (exact) mass is 430 g/mol. The van der Waals surface area contributed by atoms with Gasteiger partial charge in [0.25, 0.3) is 5.91 Å². The molecule has 1 N–H and O–H groups in total. The Bertz CT molecular complexity index is 1150. The number of nitrogens with one attached hydrogen (secondary N) is 1. The summed E-state index contributed by atoms with van der Waals surface area (Å²) < 4.78 is 16.6. The van der Waals surface area contributed by atoms with Gasteiger partial charge < -0.3 is 24.4 Å². The van der Waals surface area contributed by atoms with Gasteiger partial charge in [-0.2, -0.15) is 0 Å². The number of fused-ring (bicyclic) bond motifs is 2. The van der Waals surface area contributed by atoms with Gasteiger partial charge in [-0.3, -0.25) is 9.59 Å². The summed E-state index contributed by atoms with van der Waals surface area (Å²) >= 11 is 0. The summed E-state index contributed by atoms with van der Waals surface area (Å²) in [6, 6.07) is 21.6. The molecular formula is C25H22N2O5. The second-order valence-electron chi connectivity index (χ2n) is 7.64. The number of ether oxygens (including phenoxy) is 3. The summed E-state index contributed by atoms with van der Waals surface area (Å²) in [4.78, 5) is 28.0. The van der Waals surface area contributed by atoms with E-state index in [1.165, 1.54) is 0 Å². The van der Waals surface area contributed by atoms with Crippen LogP contribution in [0.5, 0.6) is 17.2 Å². The Morgan fingerprint density at radius 3 is 2.53 bits per heavy atom. The molecule has 3 aromatic carbocycles. The van der Waals surface area contributed by atoms with Crippen molar-refractivity contribution in [3.8, 4) is 17.2 Å². The molecule has 2 heterocycles. The third-order valence-electron chi connectivity index (χ3n) is 5.54. The summed E-state index contributed by atoms with van der Waals surface area (Å²) in [7, 11) is 0. The predicted octanol–water partition coefficient (Wildman–Crippen LogP) is 3.19. The van der Waals surface area contributed by atoms with Crippen molar-refractivity contribution >= 4 is 11.8 Å². The molecule has 162 valence electrons. The summed E-state index contributed by atoms with van der Waals surface area (Å²) in [5, 5.41) is 2.98. The standard InChI is InChI=1S/C25H22N2O5/c28-23-15-30-20-9-5-4-8-19(20)24(25(29)26-13-17-6-2-1-3-7-17)27(23)14-18-10-11-21-22(12-18)32-16-31-21/h1-12,24H,13-16H2,(H,26,29). The first kappa shape index (κ1) is 19.9. The van der Waals surface area contributed by atoms with Gasteiger partial charge in [-0.1, -0.05) is 54.6 Å². The molecule has 32 heavy (non-hydrogen) atoms. The fraction of sp³-hybridized carbons (Fsp3) is 0.200. The van der Waals surface area contributed by atoms with Gasteiger partial charge in [0.1, 0.15) is 11.8 Å². The van der Waals surface area contributed by atoms with Crippen LogP contribution in [-0.4, -0.2) is 30.1 Å². The molecule has 2 aliphatic heterocycles. The maximum atomic E-state index is 13.4. The van der Waals surface area contributed by atoms with E-state index in [1.54, 1.807) is 11.0 Å². The minimum atomic E-state index is -0.824. The van der Waals surface area contributed by atoms with E-state index in [1.807, 2.05) is 66.7 Å². The Hall–Kier alpha value is -4.00. The zero-order valence-corrected chi connectivity index (χ0v) is 17.3. The highest BCUT2D eigenvalue weighted by molar-refractivity contribution is 5.90. The first-order valence-electron chi connectivity index (χ1n) is 10.4. The van der Waals surface area contributed by atoms with Crippen molar-refractivity contribution in [1.82, 2.24) is 10.2 Å². The highest BCUT2D eigenvalue weighted by Gasteiger charge is 2.36. The summed E-state index contributed by atoms with van der Waals surface area (Å²) in [6.45, 7) is 0.638. The highest BCUT2D eigenvalue weighted by Crippen LogP contribution is 2.36. The van der Waals surface area contributed by atoms with Crippen molar-refractivity contribution < 1.29 is 23.8 Å². The molecule has 5 rings (SSSR count). The lowest BCUT2D eigenvalue weighted by Crippen LogP contribution is -2.43. The number of nitrogens with zero attached hydrogens (tertiary/aromatic N) is 1. The number of para-hydroxylation sites is 1. The van der Waals surface area contributed by atoms with Crippen LogP contribution in [0.15, 0.2) is 72.8 Å². The SMILES string of the molecule is O=C(NCc1ccccc1)C1c2ccccc2OCC(=O)N1Cc1ccc2c(c1)OCO2. The maximum Gasteiger partial charge on any atom is 0.261 e. The molecule has 0 spiro atoms. The van der Waals surface area contributed by atoms with Gasteiger partial charge in [-0.05, 0) is 29.3 Å². The summed E-state index contributed by atoms with van der Waals surface area (Å²) in [5.41, 5.74) is 2.47. The van der Waals surface area contributed by atoms with Crippen LogP contribution in [0.4, 0.5) is 0 Å². The number of carbonyl (C=O) groups is 2. The van der Waals surface area contributed by atoms with E-state index in [9.17, 15) is 9.59 Å². The smallest absolute Gasteiger partial charge is 0.261 e. The molecule has 1 unspecified atom stereocenters. The molecule has 0 radical (unpaired) electrons. The van der Waals surface area contributed by atoms with Gasteiger partial charge in [0, 0.05) is 18.7 Å². The lowest BCUT2D eigenvalue weighted by atomic mass is 10.0. The van der Waals surface area contributed by atoms with Gasteiger partial charge in [0.05, 0.1) is 0 Å². The lowest BCUT2D eigenvalue weighted by Gasteiger charge is -2.29. The lowest BCUT2D eigenvalue weighted by molar-refractivity contribution is -0.142. The van der Waals surface area contributed by atoms with Crippen LogP contribution in [0.25, 0.3) is 0 Å². The Labute approximate surface area is 185 Å².